The third-order valence-corrected chi connectivity index (χ3v) is 6.26. The summed E-state index contributed by atoms with van der Waals surface area (Å²) < 4.78 is 22.3. The number of nitrogens with one attached hydrogen (secondary N) is 3. The van der Waals surface area contributed by atoms with Gasteiger partial charge < -0.3 is 19.5 Å². The second kappa shape index (κ2) is 12.2. The van der Waals surface area contributed by atoms with Gasteiger partial charge in [0.2, 0.25) is 5.91 Å². The molecule has 0 bridgehead atoms. The highest BCUT2D eigenvalue weighted by Crippen LogP contribution is 2.19. The molecule has 2 aromatic carbocycles. The van der Waals surface area contributed by atoms with E-state index in [2.05, 4.69) is 19.7 Å². The van der Waals surface area contributed by atoms with Gasteiger partial charge in [0.05, 0.1) is 13.7 Å². The first-order valence-corrected chi connectivity index (χ1v) is 12.1. The zero-order valence-electron chi connectivity index (χ0n) is 18.2. The van der Waals surface area contributed by atoms with Gasteiger partial charge in [0, 0.05) is 30.7 Å². The number of amides is 3. The van der Waals surface area contributed by atoms with Gasteiger partial charge in [-0.3, -0.25) is 4.79 Å². The maximum absolute atomic E-state index is 13.3. The number of hydrogen-bond acceptors (Lipinski definition) is 7. The zero-order chi connectivity index (χ0) is 23.6. The second-order valence-electron chi connectivity index (χ2n) is 6.93. The number of nitrogens with zero attached hydrogens (tertiary/aromatic N) is 2. The number of rotatable bonds is 10. The molecule has 0 aliphatic carbocycles. The molecule has 0 radical (unpaired) electrons. The standard InChI is InChI=1S/C22H25N5O4S2/c1-27(17-8-10-18(31-2)11-9-17)21(28)19(14-16-6-4-3-5-7-16)25-22(29)26-33(30)24-15-20-23-12-13-32-20/h3-13,19,24H,14-15H2,1-2H3,(H2,25,26,29)/t19-,33-/m0/s1. The second-order valence-corrected chi connectivity index (χ2v) is 8.94. The number of hydrogen-bond donors (Lipinski definition) is 3. The number of urea groups is 1. The molecular weight excluding hydrogens is 462 g/mol. The molecule has 3 N–H and O–H groups in total. The molecular formula is C22H25N5O4S2. The van der Waals surface area contributed by atoms with Crippen molar-refractivity contribution in [1.29, 1.82) is 0 Å². The molecule has 3 aromatic rings. The van der Waals surface area contributed by atoms with Crippen molar-refractivity contribution >= 4 is 40.5 Å². The Labute approximate surface area is 199 Å². The summed E-state index contributed by atoms with van der Waals surface area (Å²) in [5, 5.41) is 5.19. The van der Waals surface area contributed by atoms with Gasteiger partial charge in [-0.25, -0.2) is 9.78 Å². The molecule has 1 aromatic heterocycles. The van der Waals surface area contributed by atoms with Crippen molar-refractivity contribution in [2.45, 2.75) is 19.0 Å². The van der Waals surface area contributed by atoms with E-state index in [4.69, 9.17) is 4.74 Å². The zero-order valence-corrected chi connectivity index (χ0v) is 19.8. The minimum atomic E-state index is -1.85. The van der Waals surface area contributed by atoms with Crippen LogP contribution in [0.25, 0.3) is 0 Å². The summed E-state index contributed by atoms with van der Waals surface area (Å²) >= 11 is -0.437. The van der Waals surface area contributed by atoms with Gasteiger partial charge in [-0.1, -0.05) is 30.3 Å². The van der Waals surface area contributed by atoms with Crippen molar-refractivity contribution in [3.63, 3.8) is 0 Å². The van der Waals surface area contributed by atoms with Crippen molar-refractivity contribution in [2.24, 2.45) is 0 Å². The molecule has 3 amide bonds. The first kappa shape index (κ1) is 24.5. The summed E-state index contributed by atoms with van der Waals surface area (Å²) in [5.41, 5.74) is 1.53. The van der Waals surface area contributed by atoms with Gasteiger partial charge in [-0.2, -0.15) is 0 Å². The van der Waals surface area contributed by atoms with Crippen LogP contribution in [0.3, 0.4) is 0 Å². The van der Waals surface area contributed by atoms with Crippen LogP contribution in [0.1, 0.15) is 10.6 Å². The number of carbonyl (C=O) groups excluding carboxylic acids is 2. The van der Waals surface area contributed by atoms with Crippen molar-refractivity contribution in [3.05, 3.63) is 76.7 Å². The summed E-state index contributed by atoms with van der Waals surface area (Å²) in [5.74, 6) is 0.353. The Hall–Kier alpha value is -3.12. The molecule has 11 heteroatoms. The topological polar surface area (TPSA) is 119 Å². The molecule has 0 saturated carbocycles. The van der Waals surface area contributed by atoms with Gasteiger partial charge in [0.15, 0.2) is 11.5 Å². The lowest BCUT2D eigenvalue weighted by atomic mass is 10.0. The van der Waals surface area contributed by atoms with E-state index in [0.717, 1.165) is 10.6 Å². The van der Waals surface area contributed by atoms with E-state index in [-0.39, 0.29) is 18.9 Å². The van der Waals surface area contributed by atoms with E-state index in [1.807, 2.05) is 30.3 Å². The summed E-state index contributed by atoms with van der Waals surface area (Å²) in [6.07, 6.45) is 1.91. The number of carbonyl (C=O) groups is 2. The number of aromatic nitrogens is 1. The fourth-order valence-corrected chi connectivity index (χ4v) is 4.21. The smallest absolute Gasteiger partial charge is 0.358 e. The molecule has 2 atom stereocenters. The Balaban J connectivity index is 1.66. The lowest BCUT2D eigenvalue weighted by Gasteiger charge is -2.25. The van der Waals surface area contributed by atoms with Gasteiger partial charge in [-0.05, 0) is 29.8 Å². The van der Waals surface area contributed by atoms with Crippen LogP contribution in [0, 0.1) is 0 Å². The largest absolute Gasteiger partial charge is 0.573 e. The third kappa shape index (κ3) is 7.46. The monoisotopic (exact) mass is 487 g/mol. The fourth-order valence-electron chi connectivity index (χ4n) is 2.99. The summed E-state index contributed by atoms with van der Waals surface area (Å²) in [6, 6.07) is 14.8. The van der Waals surface area contributed by atoms with Crippen molar-refractivity contribution in [2.75, 3.05) is 19.1 Å². The van der Waals surface area contributed by atoms with Crippen LogP contribution >= 0.6 is 11.3 Å². The number of methoxy groups -OCH3 is 1. The van der Waals surface area contributed by atoms with Crippen LogP contribution in [0.4, 0.5) is 10.5 Å². The first-order valence-electron chi connectivity index (χ1n) is 10.0. The van der Waals surface area contributed by atoms with E-state index < -0.39 is 23.6 Å². The van der Waals surface area contributed by atoms with Crippen LogP contribution in [0.2, 0.25) is 0 Å². The SMILES string of the molecule is COc1ccc(N(C)C(=O)[C@H](Cc2ccccc2)NC(=O)N[S@@+]([O-])NCc2nccs2)cc1. The lowest BCUT2D eigenvalue weighted by molar-refractivity contribution is -0.120. The molecule has 3 rings (SSSR count). The maximum atomic E-state index is 13.3. The number of anilines is 1. The lowest BCUT2D eigenvalue weighted by Crippen LogP contribution is -2.54. The molecule has 0 unspecified atom stereocenters. The molecule has 9 nitrogen and oxygen atoms in total. The van der Waals surface area contributed by atoms with Gasteiger partial charge in [0.1, 0.15) is 16.8 Å². The highest BCUT2D eigenvalue weighted by atomic mass is 32.2. The normalized spacial score (nSPS) is 12.5. The van der Waals surface area contributed by atoms with Gasteiger partial charge >= 0.3 is 6.03 Å². The Morgan fingerprint density at radius 2 is 1.91 bits per heavy atom. The molecule has 0 aliphatic heterocycles. The van der Waals surface area contributed by atoms with Gasteiger partial charge in [0.25, 0.3) is 0 Å². The number of benzene rings is 2. The van der Waals surface area contributed by atoms with Crippen LogP contribution in [-0.4, -0.2) is 41.7 Å². The first-order chi connectivity index (χ1) is 16.0. The van der Waals surface area contributed by atoms with E-state index >= 15 is 0 Å². The predicted octanol–water partition coefficient (Wildman–Crippen LogP) is 2.39. The minimum absolute atomic E-state index is 0.247. The highest BCUT2D eigenvalue weighted by Gasteiger charge is 2.27. The minimum Gasteiger partial charge on any atom is -0.573 e. The predicted molar refractivity (Wildman–Crippen MR) is 129 cm³/mol. The van der Waals surface area contributed by atoms with Crippen LogP contribution in [0.5, 0.6) is 5.75 Å². The van der Waals surface area contributed by atoms with Gasteiger partial charge in [-0.15, -0.1) is 20.8 Å². The molecule has 0 fully saturated rings. The molecule has 1 heterocycles. The van der Waals surface area contributed by atoms with E-state index in [0.29, 0.717) is 11.4 Å². The van der Waals surface area contributed by atoms with Crippen LogP contribution in [0.15, 0.2) is 66.2 Å². The number of ether oxygens (including phenoxy) is 1. The van der Waals surface area contributed by atoms with E-state index in [1.165, 1.54) is 16.2 Å². The van der Waals surface area contributed by atoms with E-state index in [9.17, 15) is 14.1 Å². The maximum Gasteiger partial charge on any atom is 0.358 e. The molecule has 0 spiro atoms. The summed E-state index contributed by atoms with van der Waals surface area (Å²) in [7, 11) is 3.20. The van der Waals surface area contributed by atoms with Crippen molar-refractivity contribution in [1.82, 2.24) is 19.7 Å². The Kier molecular flexibility index (Phi) is 9.07. The average molecular weight is 488 g/mol. The Morgan fingerprint density at radius 1 is 1.18 bits per heavy atom. The molecule has 0 aliphatic rings. The number of thiazole rings is 1. The average Bonchev–Trinajstić information content (AvgIpc) is 3.36. The summed E-state index contributed by atoms with van der Waals surface area (Å²) in [6.45, 7) is 0.247. The van der Waals surface area contributed by atoms with E-state index in [1.54, 1.807) is 50.0 Å². The molecule has 174 valence electrons. The number of likely N-dealkylation sites (N-methyl/N-ethyl adjacent to an activating group) is 1. The molecule has 33 heavy (non-hydrogen) atoms. The Morgan fingerprint density at radius 3 is 2.55 bits per heavy atom. The quantitative estimate of drug-likeness (QED) is 0.378. The van der Waals surface area contributed by atoms with Crippen LogP contribution in [-0.2, 0) is 29.3 Å². The Bertz CT molecular complexity index is 1020. The van der Waals surface area contributed by atoms with Crippen LogP contribution < -0.4 is 24.4 Å². The van der Waals surface area contributed by atoms with Crippen molar-refractivity contribution < 1.29 is 18.9 Å². The molecule has 0 saturated heterocycles. The fraction of sp³-hybridized carbons (Fsp3) is 0.227. The van der Waals surface area contributed by atoms with Crippen molar-refractivity contribution in [3.8, 4) is 5.75 Å². The summed E-state index contributed by atoms with van der Waals surface area (Å²) in [4.78, 5) is 31.3. The highest BCUT2D eigenvalue weighted by molar-refractivity contribution is 7.88. The third-order valence-electron chi connectivity index (χ3n) is 4.70.